The van der Waals surface area contributed by atoms with E-state index in [4.69, 9.17) is 11.6 Å². The summed E-state index contributed by atoms with van der Waals surface area (Å²) in [4.78, 5) is 25.9. The first kappa shape index (κ1) is 17.5. The van der Waals surface area contributed by atoms with Crippen LogP contribution in [0.3, 0.4) is 0 Å². The Balaban J connectivity index is 2.07. The van der Waals surface area contributed by atoms with Crippen LogP contribution in [-0.4, -0.2) is 31.5 Å². The standard InChI is InChI=1S/C15H15Br2ClN2O2/c1-9(2)11(20-13(18)15(16,17)14(20)22)12(21)19-8-10-6-4-3-5-7-10/h3-7,11,13H,1,8H2,2H3,(H,19,21). The molecule has 1 aliphatic rings. The summed E-state index contributed by atoms with van der Waals surface area (Å²) in [5.41, 5.74) is 0.855. The summed E-state index contributed by atoms with van der Waals surface area (Å²) in [6.07, 6.45) is 0. The van der Waals surface area contributed by atoms with Crippen molar-refractivity contribution in [2.75, 3.05) is 0 Å². The predicted molar refractivity (Wildman–Crippen MR) is 94.0 cm³/mol. The van der Waals surface area contributed by atoms with E-state index in [0.29, 0.717) is 12.1 Å². The summed E-state index contributed by atoms with van der Waals surface area (Å²) in [5.74, 6) is -0.596. The first-order valence-electron chi connectivity index (χ1n) is 6.58. The van der Waals surface area contributed by atoms with Crippen LogP contribution in [0.25, 0.3) is 0 Å². The zero-order valence-electron chi connectivity index (χ0n) is 11.9. The zero-order chi connectivity index (χ0) is 16.5. The molecule has 2 rings (SSSR count). The van der Waals surface area contributed by atoms with Crippen molar-refractivity contribution in [3.8, 4) is 0 Å². The van der Waals surface area contributed by atoms with Crippen LogP contribution in [0.2, 0.25) is 0 Å². The Morgan fingerprint density at radius 1 is 1.45 bits per heavy atom. The third-order valence-electron chi connectivity index (χ3n) is 3.37. The van der Waals surface area contributed by atoms with Crippen LogP contribution in [0.1, 0.15) is 12.5 Å². The van der Waals surface area contributed by atoms with Gasteiger partial charge in [-0.3, -0.25) is 9.59 Å². The fourth-order valence-corrected chi connectivity index (χ4v) is 3.35. The molecule has 1 aromatic rings. The topological polar surface area (TPSA) is 49.4 Å². The molecule has 2 amide bonds. The van der Waals surface area contributed by atoms with Gasteiger partial charge >= 0.3 is 0 Å². The van der Waals surface area contributed by atoms with Crippen molar-refractivity contribution in [1.29, 1.82) is 0 Å². The number of nitrogens with one attached hydrogen (secondary N) is 1. The zero-order valence-corrected chi connectivity index (χ0v) is 15.8. The molecule has 1 aromatic carbocycles. The number of amides is 2. The SMILES string of the molecule is C=C(C)C(C(=O)NCc1ccccc1)N1C(=O)C(Br)(Br)C1Cl. The second kappa shape index (κ2) is 6.72. The van der Waals surface area contributed by atoms with E-state index in [0.717, 1.165) is 5.56 Å². The highest BCUT2D eigenvalue weighted by Crippen LogP contribution is 2.47. The first-order chi connectivity index (χ1) is 10.3. The summed E-state index contributed by atoms with van der Waals surface area (Å²) in [7, 11) is 0. The number of β-lactam (4-membered cyclic amide) rings is 1. The molecule has 7 heteroatoms. The number of nitrogens with zero attached hydrogens (tertiary/aromatic N) is 1. The van der Waals surface area contributed by atoms with Gasteiger partial charge in [0.15, 0.2) is 3.23 Å². The molecule has 1 N–H and O–H groups in total. The molecule has 0 saturated carbocycles. The van der Waals surface area contributed by atoms with Gasteiger partial charge in [0.1, 0.15) is 11.5 Å². The van der Waals surface area contributed by atoms with Crippen LogP contribution in [0.5, 0.6) is 0 Å². The van der Waals surface area contributed by atoms with Crippen LogP contribution in [0, 0.1) is 0 Å². The van der Waals surface area contributed by atoms with Crippen molar-refractivity contribution in [3.05, 3.63) is 48.0 Å². The lowest BCUT2D eigenvalue weighted by Gasteiger charge is -2.49. The Morgan fingerprint density at radius 2 is 2.05 bits per heavy atom. The molecule has 0 radical (unpaired) electrons. The lowest BCUT2D eigenvalue weighted by Crippen LogP contribution is -2.70. The van der Waals surface area contributed by atoms with E-state index in [2.05, 4.69) is 43.8 Å². The maximum Gasteiger partial charge on any atom is 0.256 e. The monoisotopic (exact) mass is 448 g/mol. The molecule has 1 aliphatic heterocycles. The summed E-state index contributed by atoms with van der Waals surface area (Å²) in [5, 5.41) is 2.82. The molecule has 0 aliphatic carbocycles. The summed E-state index contributed by atoms with van der Waals surface area (Å²) in [6, 6.07) is 8.74. The minimum absolute atomic E-state index is 0.296. The van der Waals surface area contributed by atoms with E-state index in [-0.39, 0.29) is 11.8 Å². The molecule has 1 fully saturated rings. The number of carbonyl (C=O) groups is 2. The second-order valence-electron chi connectivity index (χ2n) is 5.12. The Bertz CT molecular complexity index is 607. The van der Waals surface area contributed by atoms with Crippen LogP contribution in [-0.2, 0) is 16.1 Å². The van der Waals surface area contributed by atoms with Gasteiger partial charge in [-0.15, -0.1) is 0 Å². The molecular weight excluding hydrogens is 435 g/mol. The van der Waals surface area contributed by atoms with Crippen molar-refractivity contribution in [3.63, 3.8) is 0 Å². The fraction of sp³-hybridized carbons (Fsp3) is 0.333. The first-order valence-corrected chi connectivity index (χ1v) is 8.60. The molecule has 0 bridgehead atoms. The van der Waals surface area contributed by atoms with E-state index >= 15 is 0 Å². The van der Waals surface area contributed by atoms with E-state index in [1.165, 1.54) is 4.90 Å². The molecule has 22 heavy (non-hydrogen) atoms. The summed E-state index contributed by atoms with van der Waals surface area (Å²) in [6.45, 7) is 5.89. The second-order valence-corrected chi connectivity index (χ2v) is 9.10. The molecule has 0 spiro atoms. The molecule has 2 unspecified atom stereocenters. The summed E-state index contributed by atoms with van der Waals surface area (Å²) < 4.78 is -1.02. The Kier molecular flexibility index (Phi) is 5.35. The number of halogens is 3. The number of benzene rings is 1. The minimum atomic E-state index is -1.02. The maximum absolute atomic E-state index is 12.4. The molecule has 1 heterocycles. The number of likely N-dealkylation sites (tertiary alicyclic amines) is 1. The lowest BCUT2D eigenvalue weighted by atomic mass is 10.0. The number of hydrogen-bond donors (Lipinski definition) is 1. The molecule has 118 valence electrons. The van der Waals surface area contributed by atoms with Crippen molar-refractivity contribution in [2.45, 2.75) is 28.2 Å². The largest absolute Gasteiger partial charge is 0.350 e. The predicted octanol–water partition coefficient (Wildman–Crippen LogP) is 3.14. The summed E-state index contributed by atoms with van der Waals surface area (Å²) >= 11 is 12.6. The van der Waals surface area contributed by atoms with E-state index in [1.54, 1.807) is 6.92 Å². The smallest absolute Gasteiger partial charge is 0.256 e. The highest BCUT2D eigenvalue weighted by atomic mass is 79.9. The van der Waals surface area contributed by atoms with Crippen LogP contribution in [0.4, 0.5) is 0 Å². The average Bonchev–Trinajstić information content (AvgIpc) is 2.50. The van der Waals surface area contributed by atoms with Crippen molar-refractivity contribution < 1.29 is 9.59 Å². The van der Waals surface area contributed by atoms with Crippen LogP contribution in [0.15, 0.2) is 42.5 Å². The average molecular weight is 451 g/mol. The van der Waals surface area contributed by atoms with Gasteiger partial charge < -0.3 is 10.2 Å². The number of hydrogen-bond acceptors (Lipinski definition) is 2. The van der Waals surface area contributed by atoms with Crippen molar-refractivity contribution in [2.24, 2.45) is 0 Å². The number of carbonyl (C=O) groups excluding carboxylic acids is 2. The van der Waals surface area contributed by atoms with Gasteiger partial charge in [-0.25, -0.2) is 0 Å². The Labute approximate surface area is 151 Å². The van der Waals surface area contributed by atoms with Gasteiger partial charge in [-0.2, -0.15) is 0 Å². The fourth-order valence-electron chi connectivity index (χ4n) is 2.20. The molecule has 4 nitrogen and oxygen atoms in total. The Hall–Kier alpha value is -0.850. The third kappa shape index (κ3) is 3.24. The molecule has 0 aromatic heterocycles. The van der Waals surface area contributed by atoms with E-state index in [9.17, 15) is 9.59 Å². The van der Waals surface area contributed by atoms with Gasteiger partial charge in [0.25, 0.3) is 5.91 Å². The van der Waals surface area contributed by atoms with Gasteiger partial charge in [0.05, 0.1) is 0 Å². The quantitative estimate of drug-likeness (QED) is 0.324. The molecule has 2 atom stereocenters. The molecule has 1 saturated heterocycles. The van der Waals surface area contributed by atoms with Gasteiger partial charge in [-0.1, -0.05) is 80.4 Å². The normalized spacial score (nSPS) is 21.0. The highest BCUT2D eigenvalue weighted by Gasteiger charge is 2.60. The van der Waals surface area contributed by atoms with Crippen molar-refractivity contribution >= 4 is 55.3 Å². The van der Waals surface area contributed by atoms with Gasteiger partial charge in [0, 0.05) is 6.54 Å². The third-order valence-corrected chi connectivity index (χ3v) is 5.98. The van der Waals surface area contributed by atoms with Crippen LogP contribution < -0.4 is 5.32 Å². The van der Waals surface area contributed by atoms with Crippen LogP contribution >= 0.6 is 43.5 Å². The lowest BCUT2D eigenvalue weighted by molar-refractivity contribution is -0.149. The Morgan fingerprint density at radius 3 is 2.55 bits per heavy atom. The van der Waals surface area contributed by atoms with Gasteiger partial charge in [0.2, 0.25) is 5.91 Å². The maximum atomic E-state index is 12.4. The van der Waals surface area contributed by atoms with Gasteiger partial charge in [-0.05, 0) is 18.1 Å². The number of alkyl halides is 3. The molecular formula is C15H15Br2ClN2O2. The minimum Gasteiger partial charge on any atom is -0.350 e. The van der Waals surface area contributed by atoms with Crippen molar-refractivity contribution in [1.82, 2.24) is 10.2 Å². The van der Waals surface area contributed by atoms with E-state index < -0.39 is 14.8 Å². The highest BCUT2D eigenvalue weighted by molar-refractivity contribution is 9.26. The number of rotatable bonds is 5. The van der Waals surface area contributed by atoms with E-state index in [1.807, 2.05) is 30.3 Å².